The van der Waals surface area contributed by atoms with Crippen molar-refractivity contribution >= 4 is 34.4 Å². The first kappa shape index (κ1) is 61.6. The normalized spacial score (nSPS) is 12.4. The Kier molecular flexibility index (Phi) is 31.0. The van der Waals surface area contributed by atoms with Crippen LogP contribution in [0.4, 0.5) is 17.1 Å². The van der Waals surface area contributed by atoms with Crippen molar-refractivity contribution in [1.82, 2.24) is 0 Å². The van der Waals surface area contributed by atoms with Crippen molar-refractivity contribution in [2.45, 2.75) is 196 Å². The quantitative estimate of drug-likeness (QED) is 0.0282. The molecule has 12 nitrogen and oxygen atoms in total. The molecule has 12 heteroatoms. The summed E-state index contributed by atoms with van der Waals surface area (Å²) in [6, 6.07) is 16.5. The molecule has 0 unspecified atom stereocenters. The Hall–Kier alpha value is -5.91. The molecule has 3 aromatic rings. The summed E-state index contributed by atoms with van der Waals surface area (Å²) in [5, 5.41) is 9.55. The first-order valence-electron chi connectivity index (χ1n) is 29.0. The van der Waals surface area contributed by atoms with Crippen LogP contribution in [0.15, 0.2) is 89.9 Å². The minimum absolute atomic E-state index is 0.208. The van der Waals surface area contributed by atoms with Gasteiger partial charge in [-0.1, -0.05) is 157 Å². The number of unbranched alkanes of at least 4 members (excludes halogenated alkanes) is 18. The summed E-state index contributed by atoms with van der Waals surface area (Å²) >= 11 is 0. The van der Waals surface area contributed by atoms with Gasteiger partial charge >= 0.3 is 0 Å². The van der Waals surface area contributed by atoms with Gasteiger partial charge in [-0.2, -0.15) is 0 Å². The Morgan fingerprint density at radius 2 is 0.507 bits per heavy atom. The van der Waals surface area contributed by atoms with Crippen LogP contribution in [0.2, 0.25) is 0 Å². The van der Waals surface area contributed by atoms with E-state index in [0.29, 0.717) is 91.2 Å². The highest BCUT2D eigenvalue weighted by Gasteiger charge is 2.38. The molecule has 414 valence electrons. The third-order valence-corrected chi connectivity index (χ3v) is 13.0. The zero-order valence-corrected chi connectivity index (χ0v) is 46.8. The lowest BCUT2D eigenvalue weighted by Crippen LogP contribution is -2.33. The van der Waals surface area contributed by atoms with Crippen LogP contribution in [0.5, 0.6) is 34.5 Å². The Labute approximate surface area is 451 Å². The van der Waals surface area contributed by atoms with E-state index < -0.39 is 17.3 Å². The second kappa shape index (κ2) is 37.8. The van der Waals surface area contributed by atoms with Gasteiger partial charge in [0, 0.05) is 53.9 Å². The SMILES string of the molecule is CCCCCCOc1ccc(NC=C2C(=O)C(=CNc3ccc(OCCCCCC)c(OCCCCCC)c3)C(=O)C(=CNc3ccc(OCCCCCC)c(OCCCCCC)c3)C2=O)cc1OCCCCCC. The predicted molar refractivity (Wildman–Crippen MR) is 307 cm³/mol. The van der Waals surface area contributed by atoms with Crippen molar-refractivity contribution in [1.29, 1.82) is 0 Å². The minimum atomic E-state index is -0.722. The molecule has 0 bridgehead atoms. The average molecular weight is 1040 g/mol. The topological polar surface area (TPSA) is 143 Å². The van der Waals surface area contributed by atoms with E-state index in [-0.39, 0.29) is 16.7 Å². The van der Waals surface area contributed by atoms with E-state index in [9.17, 15) is 14.4 Å². The number of allylic oxidation sites excluding steroid dienone is 3. The molecule has 0 radical (unpaired) electrons. The number of rotatable bonds is 42. The van der Waals surface area contributed by atoms with E-state index in [1.165, 1.54) is 18.6 Å². The fraction of sp³-hybridized carbons (Fsp3) is 0.571. The summed E-state index contributed by atoms with van der Waals surface area (Å²) in [5.41, 5.74) is 1.12. The Balaban J connectivity index is 1.70. The van der Waals surface area contributed by atoms with Crippen LogP contribution >= 0.6 is 0 Å². The number of ketones is 3. The van der Waals surface area contributed by atoms with Gasteiger partial charge in [0.25, 0.3) is 0 Å². The molecule has 4 rings (SSSR count). The second-order valence-corrected chi connectivity index (χ2v) is 19.5. The number of benzene rings is 3. The Morgan fingerprint density at radius 3 is 0.720 bits per heavy atom. The van der Waals surface area contributed by atoms with Gasteiger partial charge < -0.3 is 44.4 Å². The van der Waals surface area contributed by atoms with Gasteiger partial charge in [-0.15, -0.1) is 0 Å². The summed E-state index contributed by atoms with van der Waals surface area (Å²) in [6.07, 6.45) is 29.7. The third kappa shape index (κ3) is 22.8. The van der Waals surface area contributed by atoms with Crippen molar-refractivity contribution < 1.29 is 42.8 Å². The van der Waals surface area contributed by atoms with Crippen molar-refractivity contribution in [3.05, 3.63) is 89.9 Å². The molecule has 0 heterocycles. The minimum Gasteiger partial charge on any atom is -0.490 e. The molecule has 0 atom stereocenters. The fourth-order valence-electron chi connectivity index (χ4n) is 8.36. The molecule has 0 amide bonds. The lowest BCUT2D eigenvalue weighted by atomic mass is 9.84. The molecule has 3 N–H and O–H groups in total. The second-order valence-electron chi connectivity index (χ2n) is 19.5. The first-order valence-corrected chi connectivity index (χ1v) is 29.0. The predicted octanol–water partition coefficient (Wildman–Crippen LogP) is 16.4. The largest absolute Gasteiger partial charge is 0.490 e. The van der Waals surface area contributed by atoms with Crippen LogP contribution in [0, 0.1) is 0 Å². The van der Waals surface area contributed by atoms with Crippen LogP contribution in [0.25, 0.3) is 0 Å². The standard InChI is InChI=1S/C63H93N3O9/c1-7-13-19-25-37-70-55-34-31-49(43-58(55)73-40-28-22-16-10-4)64-46-52-61(67)53(47-65-50-32-35-56(71-38-26-20-14-8-2)59(44-50)74-41-29-23-17-11-5)63(69)54(62(52)68)48-66-51-33-36-57(72-39-27-21-15-9-3)60(45-51)75-42-30-24-18-12-6/h31-36,43-48,64-66H,7-30,37-42H2,1-6H3. The molecule has 0 aromatic heterocycles. The maximum Gasteiger partial charge on any atom is 0.203 e. The van der Waals surface area contributed by atoms with Crippen LogP contribution < -0.4 is 44.4 Å². The maximum atomic E-state index is 14.5. The molecule has 1 fully saturated rings. The molecular formula is C63H93N3O9. The van der Waals surface area contributed by atoms with Gasteiger partial charge in [-0.3, -0.25) is 14.4 Å². The van der Waals surface area contributed by atoms with Crippen molar-refractivity contribution in [2.75, 3.05) is 55.6 Å². The lowest BCUT2D eigenvalue weighted by molar-refractivity contribution is -0.124. The number of Topliss-reactive ketones (excluding diaryl/α,β-unsaturated/α-hetero) is 3. The van der Waals surface area contributed by atoms with Gasteiger partial charge in [0.05, 0.1) is 56.4 Å². The zero-order chi connectivity index (χ0) is 53.7. The van der Waals surface area contributed by atoms with E-state index in [0.717, 1.165) is 154 Å². The number of nitrogens with one attached hydrogen (secondary N) is 3. The molecule has 0 saturated heterocycles. The van der Waals surface area contributed by atoms with Gasteiger partial charge in [-0.05, 0) is 74.9 Å². The molecule has 3 aromatic carbocycles. The number of hydrogen-bond acceptors (Lipinski definition) is 12. The molecule has 1 aliphatic carbocycles. The zero-order valence-electron chi connectivity index (χ0n) is 46.8. The van der Waals surface area contributed by atoms with Crippen LogP contribution in [0.1, 0.15) is 196 Å². The molecular weight excluding hydrogens is 943 g/mol. The van der Waals surface area contributed by atoms with E-state index in [1.54, 1.807) is 0 Å². The Morgan fingerprint density at radius 1 is 0.293 bits per heavy atom. The average Bonchev–Trinajstić information content (AvgIpc) is 3.41. The summed E-state index contributed by atoms with van der Waals surface area (Å²) in [4.78, 5) is 43.4. The van der Waals surface area contributed by atoms with Crippen LogP contribution in [0.3, 0.4) is 0 Å². The maximum absolute atomic E-state index is 14.5. The summed E-state index contributed by atoms with van der Waals surface area (Å²) in [7, 11) is 0. The van der Waals surface area contributed by atoms with E-state index >= 15 is 0 Å². The highest BCUT2D eigenvalue weighted by Crippen LogP contribution is 2.35. The van der Waals surface area contributed by atoms with Crippen LogP contribution in [-0.2, 0) is 14.4 Å². The number of hydrogen-bond donors (Lipinski definition) is 3. The summed E-state index contributed by atoms with van der Waals surface area (Å²) in [6.45, 7) is 16.4. The van der Waals surface area contributed by atoms with Crippen molar-refractivity contribution in [3.8, 4) is 34.5 Å². The van der Waals surface area contributed by atoms with Gasteiger partial charge in [0.15, 0.2) is 34.5 Å². The van der Waals surface area contributed by atoms with Gasteiger partial charge in [0.2, 0.25) is 17.3 Å². The molecule has 75 heavy (non-hydrogen) atoms. The number of carbonyl (C=O) groups excluding carboxylic acids is 3. The molecule has 1 aliphatic rings. The summed E-state index contributed by atoms with van der Waals surface area (Å²) in [5.74, 6) is 1.47. The summed E-state index contributed by atoms with van der Waals surface area (Å²) < 4.78 is 37.4. The van der Waals surface area contributed by atoms with E-state index in [2.05, 4.69) is 57.5 Å². The van der Waals surface area contributed by atoms with Gasteiger partial charge in [0.1, 0.15) is 0 Å². The Bertz CT molecular complexity index is 1960. The molecule has 0 aliphatic heterocycles. The number of ether oxygens (including phenoxy) is 6. The first-order chi connectivity index (χ1) is 36.8. The van der Waals surface area contributed by atoms with Gasteiger partial charge in [-0.25, -0.2) is 0 Å². The molecule has 0 spiro atoms. The van der Waals surface area contributed by atoms with E-state index in [1.807, 2.05) is 54.6 Å². The third-order valence-electron chi connectivity index (χ3n) is 13.0. The van der Waals surface area contributed by atoms with Crippen molar-refractivity contribution in [2.24, 2.45) is 0 Å². The fourth-order valence-corrected chi connectivity index (χ4v) is 8.36. The monoisotopic (exact) mass is 1040 g/mol. The number of carbonyl (C=O) groups is 3. The highest BCUT2D eigenvalue weighted by molar-refractivity contribution is 6.51. The molecule has 1 saturated carbocycles. The smallest absolute Gasteiger partial charge is 0.203 e. The lowest BCUT2D eigenvalue weighted by Gasteiger charge is -2.19. The van der Waals surface area contributed by atoms with E-state index in [4.69, 9.17) is 28.4 Å². The van der Waals surface area contributed by atoms with Crippen LogP contribution in [-0.4, -0.2) is 57.0 Å². The number of anilines is 3. The highest BCUT2D eigenvalue weighted by atomic mass is 16.5. The van der Waals surface area contributed by atoms with Crippen molar-refractivity contribution in [3.63, 3.8) is 0 Å².